The average Bonchev–Trinajstić information content (AvgIpc) is 2.91. The van der Waals surface area contributed by atoms with Gasteiger partial charge < -0.3 is 35.5 Å². The fraction of sp³-hybridized carbons (Fsp3) is 0.906. The van der Waals surface area contributed by atoms with E-state index in [1.807, 2.05) is 6.92 Å². The highest BCUT2D eigenvalue weighted by Crippen LogP contribution is 2.71. The van der Waals surface area contributed by atoms with Crippen LogP contribution in [-0.4, -0.2) is 73.2 Å². The van der Waals surface area contributed by atoms with Crippen molar-refractivity contribution in [2.45, 2.75) is 116 Å². The van der Waals surface area contributed by atoms with Gasteiger partial charge in [0.1, 0.15) is 19.6 Å². The van der Waals surface area contributed by atoms with Crippen LogP contribution in [0.3, 0.4) is 0 Å². The van der Waals surface area contributed by atoms with E-state index in [1.165, 1.54) is 5.57 Å². The van der Waals surface area contributed by atoms with Crippen LogP contribution in [0.2, 0.25) is 0 Å². The van der Waals surface area contributed by atoms with E-state index in [-0.39, 0.29) is 41.7 Å². The Morgan fingerprint density at radius 1 is 1.02 bits per heavy atom. The maximum atomic E-state index is 12.7. The van der Waals surface area contributed by atoms with E-state index < -0.39 is 36.1 Å². The fourth-order valence-corrected chi connectivity index (χ4v) is 11.0. The zero-order chi connectivity index (χ0) is 30.0. The van der Waals surface area contributed by atoms with Gasteiger partial charge in [0.15, 0.2) is 6.29 Å². The van der Waals surface area contributed by atoms with Crippen LogP contribution in [0.4, 0.5) is 0 Å². The number of hydrogen-bond acceptors (Lipinski definition) is 8. The number of nitrogens with zero attached hydrogens (tertiary/aromatic N) is 1. The molecule has 11 atom stereocenters. The smallest absolute Gasteiger partial charge is 0.310 e. The van der Waals surface area contributed by atoms with Gasteiger partial charge in [-0.1, -0.05) is 32.4 Å². The van der Waals surface area contributed by atoms with E-state index in [0.717, 1.165) is 64.2 Å². The van der Waals surface area contributed by atoms with Crippen molar-refractivity contribution in [2.24, 2.45) is 51.8 Å². The number of aliphatic hydroxyl groups is 4. The summed E-state index contributed by atoms with van der Waals surface area (Å²) in [5.74, 6) is 0.682. The minimum atomic E-state index is -1.77. The lowest BCUT2D eigenvalue weighted by molar-refractivity contribution is -0.248. The lowest BCUT2D eigenvalue weighted by Gasteiger charge is -2.67. The van der Waals surface area contributed by atoms with Crippen molar-refractivity contribution in [3.05, 3.63) is 11.6 Å². The van der Waals surface area contributed by atoms with Crippen LogP contribution in [-0.2, 0) is 9.53 Å². The quantitative estimate of drug-likeness (QED) is 0.142. The summed E-state index contributed by atoms with van der Waals surface area (Å²) in [5.41, 5.74) is -0.256. The average molecular weight is 580 g/mol. The van der Waals surface area contributed by atoms with E-state index in [4.69, 9.17) is 9.84 Å². The number of hydroxylamine groups is 2. The van der Waals surface area contributed by atoms with Gasteiger partial charge in [0, 0.05) is 0 Å². The number of aliphatic carboxylic acids is 1. The molecule has 0 saturated heterocycles. The first-order chi connectivity index (χ1) is 19.2. The molecule has 5 aliphatic rings. The van der Waals surface area contributed by atoms with Crippen molar-refractivity contribution >= 4 is 5.97 Å². The van der Waals surface area contributed by atoms with Crippen molar-refractivity contribution in [3.63, 3.8) is 0 Å². The molecular formula is C32H53NO8. The molecule has 0 heterocycles. The van der Waals surface area contributed by atoms with E-state index in [0.29, 0.717) is 22.8 Å². The Morgan fingerprint density at radius 3 is 2.37 bits per heavy atom. The molecule has 4 fully saturated rings. The number of rotatable bonds is 8. The van der Waals surface area contributed by atoms with Crippen LogP contribution in [0.1, 0.15) is 98.3 Å². The molecule has 0 aromatic carbocycles. The molecule has 5 rings (SSSR count). The third kappa shape index (κ3) is 5.01. The third-order valence-corrected chi connectivity index (χ3v) is 13.3. The Bertz CT molecular complexity index is 1020. The highest BCUT2D eigenvalue weighted by molar-refractivity contribution is 5.76. The second kappa shape index (κ2) is 11.1. The highest BCUT2D eigenvalue weighted by atomic mass is 16.6. The van der Waals surface area contributed by atoms with Crippen molar-refractivity contribution < 1.29 is 40.3 Å². The van der Waals surface area contributed by atoms with Crippen molar-refractivity contribution in [1.29, 1.82) is 0 Å². The molecule has 0 amide bonds. The first kappa shape index (κ1) is 31.4. The second-order valence-electron chi connectivity index (χ2n) is 15.2. The van der Waals surface area contributed by atoms with Gasteiger partial charge in [-0.2, -0.15) is 0 Å². The Labute approximate surface area is 244 Å². The number of carboxylic acid groups (broad SMARTS) is 1. The summed E-state index contributed by atoms with van der Waals surface area (Å²) in [6.07, 6.45) is 8.78. The molecule has 5 aliphatic carbocycles. The molecule has 0 spiro atoms. The molecule has 10 unspecified atom stereocenters. The van der Waals surface area contributed by atoms with Gasteiger partial charge in [-0.05, 0) is 124 Å². The summed E-state index contributed by atoms with van der Waals surface area (Å²) in [6.45, 7) is 7.98. The molecule has 41 heavy (non-hydrogen) atoms. The minimum absolute atomic E-state index is 0.0430. The van der Waals surface area contributed by atoms with Gasteiger partial charge in [0.25, 0.3) is 0 Å². The Kier molecular flexibility index (Phi) is 8.51. The molecule has 234 valence electrons. The molecule has 9 nitrogen and oxygen atoms in total. The molecule has 0 aromatic heterocycles. The van der Waals surface area contributed by atoms with Crippen LogP contribution in [0.15, 0.2) is 11.6 Å². The number of aliphatic hydroxyl groups excluding tert-OH is 2. The van der Waals surface area contributed by atoms with Crippen molar-refractivity contribution in [2.75, 3.05) is 13.5 Å². The topological polar surface area (TPSA) is 151 Å². The summed E-state index contributed by atoms with van der Waals surface area (Å²) in [7, 11) is 0. The molecule has 0 aromatic rings. The Hall–Kier alpha value is -1.07. The van der Waals surface area contributed by atoms with Crippen LogP contribution in [0.5, 0.6) is 0 Å². The van der Waals surface area contributed by atoms with Gasteiger partial charge in [-0.25, -0.2) is 0 Å². The number of hydrogen-bond donors (Lipinski definition) is 6. The van der Waals surface area contributed by atoms with E-state index in [9.17, 15) is 30.4 Å². The highest BCUT2D eigenvalue weighted by Gasteiger charge is 2.66. The fourth-order valence-electron chi connectivity index (χ4n) is 11.0. The number of carbonyl (C=O) groups is 1. The number of carboxylic acids is 1. The Balaban J connectivity index is 1.39. The summed E-state index contributed by atoms with van der Waals surface area (Å²) >= 11 is 0. The normalized spacial score (nSPS) is 46.7. The predicted molar refractivity (Wildman–Crippen MR) is 151 cm³/mol. The molecule has 4 saturated carbocycles. The second-order valence-corrected chi connectivity index (χ2v) is 15.2. The lowest BCUT2D eigenvalue weighted by atomic mass is 9.37. The summed E-state index contributed by atoms with van der Waals surface area (Å²) < 4.78 is 5.51. The molecule has 6 N–H and O–H groups in total. The van der Waals surface area contributed by atoms with Crippen molar-refractivity contribution in [1.82, 2.24) is 5.06 Å². The number of ether oxygens (including phenoxy) is 1. The maximum absolute atomic E-state index is 12.7. The first-order valence-electron chi connectivity index (χ1n) is 15.9. The lowest BCUT2D eigenvalue weighted by Crippen LogP contribution is -2.64. The van der Waals surface area contributed by atoms with Gasteiger partial charge in [0.2, 0.25) is 0 Å². The van der Waals surface area contributed by atoms with E-state index in [2.05, 4.69) is 26.8 Å². The summed E-state index contributed by atoms with van der Waals surface area (Å²) in [6, 6.07) is 0. The monoisotopic (exact) mass is 579 g/mol. The minimum Gasteiger partial charge on any atom is -0.481 e. The summed E-state index contributed by atoms with van der Waals surface area (Å²) in [5, 5.41) is 61.6. The first-order valence-corrected chi connectivity index (χ1v) is 15.9. The molecular weight excluding hydrogens is 526 g/mol. The standard InChI is InChI=1S/C32H53NO8/c1-19-7-13-32(28(37)38)14-9-22-21(23(32)15-19)5-6-25-29(22,2)12-10-26-30(25,3)11-8-20(31(26,4)39)16-24(27(35)36)41-18-33(40)17-34/h5,19-20,22-27,34-36,39-40H,6-18H2,1-4H3,(H,37,38)/t19?,20?,22?,23?,24?,25?,26?,29?,30?,31-,32?/m1/s1. The zero-order valence-corrected chi connectivity index (χ0v) is 25.3. The third-order valence-electron chi connectivity index (χ3n) is 13.3. The zero-order valence-electron chi connectivity index (χ0n) is 25.3. The van der Waals surface area contributed by atoms with Crippen LogP contribution in [0.25, 0.3) is 0 Å². The Morgan fingerprint density at radius 2 is 1.71 bits per heavy atom. The largest absolute Gasteiger partial charge is 0.481 e. The van der Waals surface area contributed by atoms with Crippen molar-refractivity contribution in [3.8, 4) is 0 Å². The van der Waals surface area contributed by atoms with Crippen LogP contribution < -0.4 is 0 Å². The van der Waals surface area contributed by atoms with Gasteiger partial charge in [0.05, 0.1) is 11.0 Å². The van der Waals surface area contributed by atoms with E-state index >= 15 is 0 Å². The van der Waals surface area contributed by atoms with Gasteiger partial charge in [-0.3, -0.25) is 4.79 Å². The van der Waals surface area contributed by atoms with Gasteiger partial charge in [-0.15, -0.1) is 5.06 Å². The molecule has 0 radical (unpaired) electrons. The molecule has 0 aliphatic heterocycles. The van der Waals surface area contributed by atoms with E-state index in [1.54, 1.807) is 0 Å². The maximum Gasteiger partial charge on any atom is 0.310 e. The van der Waals surface area contributed by atoms with Crippen LogP contribution in [0, 0.1) is 51.8 Å². The number of fused-ring (bicyclic) bond motifs is 7. The summed E-state index contributed by atoms with van der Waals surface area (Å²) in [4.78, 5) is 12.7. The molecule has 0 bridgehead atoms. The number of allylic oxidation sites excluding steroid dienone is 2. The van der Waals surface area contributed by atoms with Gasteiger partial charge >= 0.3 is 5.97 Å². The van der Waals surface area contributed by atoms with Crippen LogP contribution >= 0.6 is 0 Å². The predicted octanol–water partition coefficient (Wildman–Crippen LogP) is 4.12. The SMILES string of the molecule is CC1CCC2(C(=O)O)CCC3C(=CCC4C3(C)CCC3C4(C)CCC(CC(OCN(O)CO)C(O)O)[C@@]3(C)O)C2C1. The molecule has 9 heteroatoms.